The molecule has 0 saturated heterocycles. The van der Waals surface area contributed by atoms with Crippen LogP contribution in [0.25, 0.3) is 22.6 Å². The Morgan fingerprint density at radius 2 is 2.26 bits per heavy atom. The van der Waals surface area contributed by atoms with E-state index in [0.717, 1.165) is 0 Å². The smallest absolute Gasteiger partial charge is 0.337 e. The summed E-state index contributed by atoms with van der Waals surface area (Å²) in [7, 11) is 1.52. The van der Waals surface area contributed by atoms with Crippen LogP contribution in [0.3, 0.4) is 0 Å². The van der Waals surface area contributed by atoms with E-state index in [1.807, 2.05) is 0 Å². The summed E-state index contributed by atoms with van der Waals surface area (Å²) in [4.78, 5) is 18.5. The van der Waals surface area contributed by atoms with Gasteiger partial charge in [-0.3, -0.25) is 0 Å². The van der Waals surface area contributed by atoms with Gasteiger partial charge in [-0.25, -0.2) is 9.78 Å². The normalized spacial score (nSPS) is 10.8. The van der Waals surface area contributed by atoms with E-state index in [0.29, 0.717) is 28.4 Å². The minimum Gasteiger partial charge on any atom is -0.494 e. The fraction of sp³-hybridized carbons (Fsp3) is 0.0769. The van der Waals surface area contributed by atoms with Gasteiger partial charge in [0.05, 0.1) is 18.9 Å². The zero-order valence-corrected chi connectivity index (χ0v) is 10.0. The first-order valence-electron chi connectivity index (χ1n) is 5.54. The summed E-state index contributed by atoms with van der Waals surface area (Å²) in [6, 6.07) is 6.54. The van der Waals surface area contributed by atoms with Crippen LogP contribution in [0.1, 0.15) is 10.4 Å². The Kier molecular flexibility index (Phi) is 2.49. The number of H-pyrrole nitrogens is 1. The molecule has 2 N–H and O–H groups in total. The second-order valence-electron chi connectivity index (χ2n) is 3.91. The van der Waals surface area contributed by atoms with Crippen LogP contribution in [0.2, 0.25) is 0 Å². The van der Waals surface area contributed by atoms with Crippen LogP contribution in [-0.2, 0) is 0 Å². The van der Waals surface area contributed by atoms with Gasteiger partial charge in [0, 0.05) is 0 Å². The van der Waals surface area contributed by atoms with Crippen molar-refractivity contribution in [1.82, 2.24) is 9.97 Å². The highest BCUT2D eigenvalue weighted by Crippen LogP contribution is 2.29. The molecule has 0 fully saturated rings. The monoisotopic (exact) mass is 258 g/mol. The molecule has 0 amide bonds. The third kappa shape index (κ3) is 1.74. The van der Waals surface area contributed by atoms with Crippen LogP contribution in [0.15, 0.2) is 34.9 Å². The molecule has 0 spiro atoms. The number of furan rings is 1. The van der Waals surface area contributed by atoms with Gasteiger partial charge in [-0.1, -0.05) is 0 Å². The molecule has 0 aliphatic rings. The average molecular weight is 258 g/mol. The van der Waals surface area contributed by atoms with Crippen molar-refractivity contribution >= 4 is 17.0 Å². The predicted octanol–water partition coefficient (Wildman–Crippen LogP) is 2.53. The highest BCUT2D eigenvalue weighted by atomic mass is 16.5. The number of aromatic carboxylic acids is 1. The van der Waals surface area contributed by atoms with E-state index in [1.165, 1.54) is 19.4 Å². The van der Waals surface area contributed by atoms with Crippen molar-refractivity contribution in [1.29, 1.82) is 0 Å². The highest BCUT2D eigenvalue weighted by Gasteiger charge is 2.17. The molecule has 6 heteroatoms. The lowest BCUT2D eigenvalue weighted by atomic mass is 10.2. The summed E-state index contributed by atoms with van der Waals surface area (Å²) in [6.45, 7) is 0. The zero-order valence-electron chi connectivity index (χ0n) is 10.0. The number of aromatic nitrogens is 2. The van der Waals surface area contributed by atoms with Gasteiger partial charge in [0.15, 0.2) is 11.6 Å². The van der Waals surface area contributed by atoms with Gasteiger partial charge in [0.25, 0.3) is 0 Å². The van der Waals surface area contributed by atoms with Gasteiger partial charge in [-0.2, -0.15) is 0 Å². The fourth-order valence-electron chi connectivity index (χ4n) is 1.94. The Morgan fingerprint density at radius 1 is 1.42 bits per heavy atom. The minimum atomic E-state index is -1.04. The Hall–Kier alpha value is -2.76. The van der Waals surface area contributed by atoms with E-state index in [2.05, 4.69) is 9.97 Å². The lowest BCUT2D eigenvalue weighted by Gasteiger charge is -2.02. The molecule has 0 bridgehead atoms. The third-order valence-corrected chi connectivity index (χ3v) is 2.81. The van der Waals surface area contributed by atoms with Gasteiger partial charge in [-0.05, 0) is 24.3 Å². The van der Waals surface area contributed by atoms with Crippen LogP contribution in [0.5, 0.6) is 5.75 Å². The van der Waals surface area contributed by atoms with Crippen molar-refractivity contribution in [3.05, 3.63) is 36.1 Å². The number of imidazole rings is 1. The standard InChI is InChI=1S/C13H10N2O4/c1-18-8-5-4-7(13(16)17)10-11(8)15-12(14-10)9-3-2-6-19-9/h2-6H,1H3,(H,14,15)(H,16,17). The molecular weight excluding hydrogens is 248 g/mol. The number of nitrogens with one attached hydrogen (secondary N) is 1. The van der Waals surface area contributed by atoms with Crippen molar-refractivity contribution < 1.29 is 19.1 Å². The van der Waals surface area contributed by atoms with Crippen LogP contribution < -0.4 is 4.74 Å². The van der Waals surface area contributed by atoms with Gasteiger partial charge in [0.1, 0.15) is 16.8 Å². The number of carboxylic acid groups (broad SMARTS) is 1. The summed E-state index contributed by atoms with van der Waals surface area (Å²) in [5, 5.41) is 9.17. The van der Waals surface area contributed by atoms with E-state index >= 15 is 0 Å². The van der Waals surface area contributed by atoms with E-state index in [1.54, 1.807) is 18.2 Å². The van der Waals surface area contributed by atoms with E-state index in [9.17, 15) is 4.79 Å². The number of ether oxygens (including phenoxy) is 1. The van der Waals surface area contributed by atoms with Crippen molar-refractivity contribution in [2.75, 3.05) is 7.11 Å². The van der Waals surface area contributed by atoms with Crippen LogP contribution in [0.4, 0.5) is 0 Å². The molecule has 0 aliphatic heterocycles. The number of carboxylic acids is 1. The van der Waals surface area contributed by atoms with Gasteiger partial charge in [0.2, 0.25) is 0 Å². The van der Waals surface area contributed by atoms with Crippen LogP contribution >= 0.6 is 0 Å². The van der Waals surface area contributed by atoms with E-state index in [-0.39, 0.29) is 5.56 Å². The SMILES string of the molecule is COc1ccc(C(=O)O)c2nc(-c3ccco3)[nH]c12. The van der Waals surface area contributed by atoms with Crippen molar-refractivity contribution in [2.45, 2.75) is 0 Å². The van der Waals surface area contributed by atoms with E-state index in [4.69, 9.17) is 14.3 Å². The molecule has 0 unspecified atom stereocenters. The van der Waals surface area contributed by atoms with Crippen molar-refractivity contribution in [2.24, 2.45) is 0 Å². The maximum absolute atomic E-state index is 11.2. The maximum Gasteiger partial charge on any atom is 0.337 e. The molecular formula is C13H10N2O4. The molecule has 0 saturated carbocycles. The highest BCUT2D eigenvalue weighted by molar-refractivity contribution is 6.03. The topological polar surface area (TPSA) is 88.3 Å². The molecule has 0 aliphatic carbocycles. The molecule has 3 rings (SSSR count). The quantitative estimate of drug-likeness (QED) is 0.753. The molecule has 96 valence electrons. The number of methoxy groups -OCH3 is 1. The number of rotatable bonds is 3. The second-order valence-corrected chi connectivity index (χ2v) is 3.91. The number of hydrogen-bond donors (Lipinski definition) is 2. The Labute approximate surface area is 107 Å². The first-order chi connectivity index (χ1) is 9.20. The largest absolute Gasteiger partial charge is 0.494 e. The predicted molar refractivity (Wildman–Crippen MR) is 67.3 cm³/mol. The first-order valence-corrected chi connectivity index (χ1v) is 5.54. The zero-order chi connectivity index (χ0) is 13.4. The van der Waals surface area contributed by atoms with Crippen molar-refractivity contribution in [3.8, 4) is 17.3 Å². The summed E-state index contributed by atoms with van der Waals surface area (Å²) < 4.78 is 10.4. The van der Waals surface area contributed by atoms with Gasteiger partial charge < -0.3 is 19.2 Å². The summed E-state index contributed by atoms with van der Waals surface area (Å²) in [5.41, 5.74) is 0.997. The molecule has 0 radical (unpaired) electrons. The maximum atomic E-state index is 11.2. The molecule has 1 aromatic carbocycles. The molecule has 6 nitrogen and oxygen atoms in total. The summed E-state index contributed by atoms with van der Waals surface area (Å²) in [5.74, 6) is 0.497. The average Bonchev–Trinajstić information content (AvgIpc) is 3.05. The number of nitrogens with zero attached hydrogens (tertiary/aromatic N) is 1. The molecule has 0 atom stereocenters. The Balaban J connectivity index is 2.30. The van der Waals surface area contributed by atoms with Crippen molar-refractivity contribution in [3.63, 3.8) is 0 Å². The summed E-state index contributed by atoms with van der Waals surface area (Å²) >= 11 is 0. The fourth-order valence-corrected chi connectivity index (χ4v) is 1.94. The molecule has 2 aromatic heterocycles. The Morgan fingerprint density at radius 3 is 2.89 bits per heavy atom. The molecule has 2 heterocycles. The number of carbonyl (C=O) groups is 1. The van der Waals surface area contributed by atoms with Crippen LogP contribution in [0, 0.1) is 0 Å². The van der Waals surface area contributed by atoms with E-state index < -0.39 is 5.97 Å². The van der Waals surface area contributed by atoms with Gasteiger partial charge in [-0.15, -0.1) is 0 Å². The second kappa shape index (κ2) is 4.16. The lowest BCUT2D eigenvalue weighted by molar-refractivity contribution is 0.0699. The minimum absolute atomic E-state index is 0.116. The van der Waals surface area contributed by atoms with Gasteiger partial charge >= 0.3 is 5.97 Å². The van der Waals surface area contributed by atoms with Crippen LogP contribution in [-0.4, -0.2) is 28.2 Å². The molecule has 19 heavy (non-hydrogen) atoms. The lowest BCUT2D eigenvalue weighted by Crippen LogP contribution is -1.98. The number of hydrogen-bond acceptors (Lipinski definition) is 4. The number of aromatic amines is 1. The molecule has 3 aromatic rings. The third-order valence-electron chi connectivity index (χ3n) is 2.81. The number of fused-ring (bicyclic) bond motifs is 1. The Bertz CT molecular complexity index is 743. The number of benzene rings is 1. The summed E-state index contributed by atoms with van der Waals surface area (Å²) in [6.07, 6.45) is 1.53. The first kappa shape index (κ1) is 11.3.